The fourth-order valence-electron chi connectivity index (χ4n) is 2.21. The molecule has 0 atom stereocenters. The van der Waals surface area contributed by atoms with Gasteiger partial charge in [0.2, 0.25) is 0 Å². The minimum atomic E-state index is 0.414. The van der Waals surface area contributed by atoms with Gasteiger partial charge in [-0.2, -0.15) is 0 Å². The predicted octanol–water partition coefficient (Wildman–Crippen LogP) is 2.70. The van der Waals surface area contributed by atoms with E-state index in [0.29, 0.717) is 29.8 Å². The number of guanidine groups is 1. The first kappa shape index (κ1) is 18.9. The summed E-state index contributed by atoms with van der Waals surface area (Å²) in [7, 11) is 4.81. The number of aliphatic imine (C=N–C) groups is 1. The maximum atomic E-state index is 5.90. The molecule has 0 unspecified atom stereocenters. The van der Waals surface area contributed by atoms with E-state index in [-0.39, 0.29) is 0 Å². The standard InChI is InChI=1S/C17H29N3O3/c1-5-6-7-8-9-19-17(18)20-12-13-10-15(22-3)16(23-4)11-14(13)21-2/h10-11H,5-9,12H2,1-4H3,(H3,18,19,20). The number of hydrogen-bond acceptors (Lipinski definition) is 4. The molecule has 0 radical (unpaired) electrons. The van der Waals surface area contributed by atoms with Gasteiger partial charge in [-0.1, -0.05) is 26.2 Å². The van der Waals surface area contributed by atoms with Gasteiger partial charge in [0, 0.05) is 18.2 Å². The van der Waals surface area contributed by atoms with Gasteiger partial charge in [0.15, 0.2) is 17.5 Å². The molecule has 0 aliphatic carbocycles. The molecule has 0 aliphatic heterocycles. The van der Waals surface area contributed by atoms with Gasteiger partial charge in [-0.15, -0.1) is 0 Å². The Labute approximate surface area is 139 Å². The van der Waals surface area contributed by atoms with Crippen LogP contribution in [0.1, 0.15) is 38.2 Å². The van der Waals surface area contributed by atoms with Crippen molar-refractivity contribution in [2.75, 3.05) is 27.9 Å². The molecule has 0 saturated carbocycles. The SMILES string of the molecule is CCCCCCNC(N)=NCc1cc(OC)c(OC)cc1OC. The van der Waals surface area contributed by atoms with Gasteiger partial charge >= 0.3 is 0 Å². The van der Waals surface area contributed by atoms with E-state index in [0.717, 1.165) is 18.5 Å². The summed E-state index contributed by atoms with van der Waals surface area (Å²) in [6, 6.07) is 3.65. The first-order chi connectivity index (χ1) is 11.2. The minimum Gasteiger partial charge on any atom is -0.496 e. The van der Waals surface area contributed by atoms with Crippen molar-refractivity contribution in [1.82, 2.24) is 5.32 Å². The lowest BCUT2D eigenvalue weighted by atomic mass is 10.1. The van der Waals surface area contributed by atoms with Gasteiger partial charge in [-0.25, -0.2) is 4.99 Å². The van der Waals surface area contributed by atoms with Crippen LogP contribution in [0.15, 0.2) is 17.1 Å². The molecule has 6 nitrogen and oxygen atoms in total. The highest BCUT2D eigenvalue weighted by Crippen LogP contribution is 2.34. The summed E-state index contributed by atoms with van der Waals surface area (Å²) in [5.41, 5.74) is 6.79. The Hall–Kier alpha value is -2.11. The van der Waals surface area contributed by atoms with Gasteiger partial charge in [0.25, 0.3) is 0 Å². The average molecular weight is 323 g/mol. The van der Waals surface area contributed by atoms with Crippen molar-refractivity contribution in [2.45, 2.75) is 39.2 Å². The summed E-state index contributed by atoms with van der Waals surface area (Å²) >= 11 is 0. The number of methoxy groups -OCH3 is 3. The normalized spacial score (nSPS) is 11.2. The molecule has 0 heterocycles. The number of ether oxygens (including phenoxy) is 3. The second-order valence-corrected chi connectivity index (χ2v) is 5.21. The zero-order valence-corrected chi connectivity index (χ0v) is 14.6. The van der Waals surface area contributed by atoms with Crippen LogP contribution < -0.4 is 25.3 Å². The summed E-state index contributed by atoms with van der Waals surface area (Å²) in [4.78, 5) is 4.36. The molecular formula is C17H29N3O3. The number of rotatable bonds is 10. The molecule has 0 bridgehead atoms. The first-order valence-electron chi connectivity index (χ1n) is 7.98. The summed E-state index contributed by atoms with van der Waals surface area (Å²) < 4.78 is 16.0. The molecule has 23 heavy (non-hydrogen) atoms. The molecule has 1 rings (SSSR count). The van der Waals surface area contributed by atoms with Gasteiger partial charge in [0.1, 0.15) is 5.75 Å². The third-order valence-electron chi connectivity index (χ3n) is 3.54. The maximum absolute atomic E-state index is 5.90. The lowest BCUT2D eigenvalue weighted by molar-refractivity contribution is 0.347. The van der Waals surface area contributed by atoms with Gasteiger partial charge in [-0.05, 0) is 12.5 Å². The fraction of sp³-hybridized carbons (Fsp3) is 0.588. The quantitative estimate of drug-likeness (QED) is 0.393. The van der Waals surface area contributed by atoms with Crippen LogP contribution in [0.2, 0.25) is 0 Å². The van der Waals surface area contributed by atoms with Gasteiger partial charge in [0.05, 0.1) is 27.9 Å². The molecule has 1 aromatic carbocycles. The van der Waals surface area contributed by atoms with Crippen LogP contribution >= 0.6 is 0 Å². The van der Waals surface area contributed by atoms with E-state index in [1.54, 1.807) is 27.4 Å². The number of benzene rings is 1. The Balaban J connectivity index is 2.66. The van der Waals surface area contributed by atoms with Crippen molar-refractivity contribution >= 4 is 5.96 Å². The van der Waals surface area contributed by atoms with E-state index in [2.05, 4.69) is 17.2 Å². The molecule has 0 spiro atoms. The molecule has 1 aromatic rings. The van der Waals surface area contributed by atoms with E-state index >= 15 is 0 Å². The molecule has 0 aliphatic rings. The lowest BCUT2D eigenvalue weighted by Crippen LogP contribution is -2.32. The molecule has 0 amide bonds. The largest absolute Gasteiger partial charge is 0.496 e. The Bertz CT molecular complexity index is 504. The number of nitrogens with two attached hydrogens (primary N) is 1. The molecule has 6 heteroatoms. The summed E-state index contributed by atoms with van der Waals surface area (Å²) in [6.07, 6.45) is 4.79. The Morgan fingerprint density at radius 2 is 1.65 bits per heavy atom. The number of unbranched alkanes of at least 4 members (excludes halogenated alkanes) is 3. The Morgan fingerprint density at radius 1 is 1.00 bits per heavy atom. The van der Waals surface area contributed by atoms with Gasteiger partial charge < -0.3 is 25.3 Å². The second kappa shape index (κ2) is 10.6. The van der Waals surface area contributed by atoms with Crippen LogP contribution in [-0.4, -0.2) is 33.8 Å². The zero-order chi connectivity index (χ0) is 17.1. The average Bonchev–Trinajstić information content (AvgIpc) is 2.58. The van der Waals surface area contributed by atoms with Crippen LogP contribution in [0, 0.1) is 0 Å². The highest BCUT2D eigenvalue weighted by molar-refractivity contribution is 5.77. The third-order valence-corrected chi connectivity index (χ3v) is 3.54. The Morgan fingerprint density at radius 3 is 2.26 bits per heavy atom. The number of nitrogens with one attached hydrogen (secondary N) is 1. The van der Waals surface area contributed by atoms with Crippen LogP contribution in [-0.2, 0) is 6.54 Å². The van der Waals surface area contributed by atoms with Crippen molar-refractivity contribution in [3.05, 3.63) is 17.7 Å². The zero-order valence-electron chi connectivity index (χ0n) is 14.6. The Kier molecular flexibility index (Phi) is 8.72. The van der Waals surface area contributed by atoms with Crippen LogP contribution in [0.25, 0.3) is 0 Å². The molecule has 0 saturated heterocycles. The molecule has 130 valence electrons. The minimum absolute atomic E-state index is 0.414. The number of nitrogens with zero attached hydrogens (tertiary/aromatic N) is 1. The first-order valence-corrected chi connectivity index (χ1v) is 7.98. The molecular weight excluding hydrogens is 294 g/mol. The van der Waals surface area contributed by atoms with E-state index in [1.165, 1.54) is 19.3 Å². The van der Waals surface area contributed by atoms with Crippen molar-refractivity contribution in [2.24, 2.45) is 10.7 Å². The molecule has 0 aromatic heterocycles. The second-order valence-electron chi connectivity index (χ2n) is 5.21. The topological polar surface area (TPSA) is 78.1 Å². The lowest BCUT2D eigenvalue weighted by Gasteiger charge is -2.13. The predicted molar refractivity (Wildman–Crippen MR) is 93.6 cm³/mol. The van der Waals surface area contributed by atoms with Crippen molar-refractivity contribution in [3.8, 4) is 17.2 Å². The fourth-order valence-corrected chi connectivity index (χ4v) is 2.21. The molecule has 3 N–H and O–H groups in total. The highest BCUT2D eigenvalue weighted by Gasteiger charge is 2.11. The summed E-state index contributed by atoms with van der Waals surface area (Å²) in [5, 5.41) is 3.13. The molecule has 0 fully saturated rings. The monoisotopic (exact) mass is 323 g/mol. The van der Waals surface area contributed by atoms with Gasteiger partial charge in [-0.3, -0.25) is 0 Å². The van der Waals surface area contributed by atoms with E-state index < -0.39 is 0 Å². The third kappa shape index (κ3) is 6.26. The smallest absolute Gasteiger partial charge is 0.188 e. The van der Waals surface area contributed by atoms with Crippen LogP contribution in [0.5, 0.6) is 17.2 Å². The highest BCUT2D eigenvalue weighted by atomic mass is 16.5. The van der Waals surface area contributed by atoms with E-state index in [1.807, 2.05) is 6.07 Å². The van der Waals surface area contributed by atoms with Crippen molar-refractivity contribution in [1.29, 1.82) is 0 Å². The van der Waals surface area contributed by atoms with E-state index in [9.17, 15) is 0 Å². The van der Waals surface area contributed by atoms with Crippen LogP contribution in [0.4, 0.5) is 0 Å². The maximum Gasteiger partial charge on any atom is 0.188 e. The number of hydrogen-bond donors (Lipinski definition) is 2. The summed E-state index contributed by atoms with van der Waals surface area (Å²) in [5.74, 6) is 2.41. The van der Waals surface area contributed by atoms with Crippen molar-refractivity contribution in [3.63, 3.8) is 0 Å². The van der Waals surface area contributed by atoms with Crippen LogP contribution in [0.3, 0.4) is 0 Å². The summed E-state index contributed by atoms with van der Waals surface area (Å²) in [6.45, 7) is 3.45. The van der Waals surface area contributed by atoms with E-state index in [4.69, 9.17) is 19.9 Å². The van der Waals surface area contributed by atoms with Crippen molar-refractivity contribution < 1.29 is 14.2 Å².